The summed E-state index contributed by atoms with van der Waals surface area (Å²) in [5.41, 5.74) is 0. The summed E-state index contributed by atoms with van der Waals surface area (Å²) in [4.78, 5) is 32.2. The van der Waals surface area contributed by atoms with Crippen LogP contribution >= 0.6 is 11.8 Å². The monoisotopic (exact) mass is 353 g/mol. The highest BCUT2D eigenvalue weighted by Gasteiger charge is 2.47. The number of nitrogens with zero attached hydrogens (tertiary/aromatic N) is 3. The first kappa shape index (κ1) is 18.1. The van der Waals surface area contributed by atoms with Gasteiger partial charge in [-0.05, 0) is 31.7 Å². The number of hydrogen-bond donors (Lipinski definition) is 0. The van der Waals surface area contributed by atoms with E-state index in [1.807, 2.05) is 9.80 Å². The van der Waals surface area contributed by atoms with Crippen LogP contribution in [0.15, 0.2) is 0 Å². The SMILES string of the molecule is CCN1CCN(C(=O)C2CSC(CC(C)C)N2C(=O)C2CC2)CC1. The molecule has 0 bridgehead atoms. The maximum atomic E-state index is 13.1. The van der Waals surface area contributed by atoms with Gasteiger partial charge in [-0.15, -0.1) is 11.8 Å². The van der Waals surface area contributed by atoms with E-state index in [-0.39, 0.29) is 29.1 Å². The minimum atomic E-state index is -0.236. The van der Waals surface area contributed by atoms with Crippen molar-refractivity contribution in [3.63, 3.8) is 0 Å². The summed E-state index contributed by atoms with van der Waals surface area (Å²) in [6, 6.07) is -0.236. The molecule has 2 amide bonds. The molecule has 2 aliphatic heterocycles. The first-order valence-electron chi connectivity index (χ1n) is 9.46. The predicted octanol–water partition coefficient (Wildman–Crippen LogP) is 1.88. The molecule has 24 heavy (non-hydrogen) atoms. The number of likely N-dealkylation sites (N-methyl/N-ethyl adjacent to an activating group) is 1. The van der Waals surface area contributed by atoms with Gasteiger partial charge in [0.05, 0.1) is 5.37 Å². The molecule has 2 saturated heterocycles. The molecule has 1 saturated carbocycles. The molecule has 1 aliphatic carbocycles. The molecule has 3 rings (SSSR count). The second-order valence-electron chi connectivity index (χ2n) is 7.71. The highest BCUT2D eigenvalue weighted by atomic mass is 32.2. The fourth-order valence-corrected chi connectivity index (χ4v) is 5.31. The largest absolute Gasteiger partial charge is 0.338 e. The van der Waals surface area contributed by atoms with Crippen molar-refractivity contribution in [1.29, 1.82) is 0 Å². The Balaban J connectivity index is 1.68. The van der Waals surface area contributed by atoms with Gasteiger partial charge in [0.25, 0.3) is 0 Å². The van der Waals surface area contributed by atoms with Gasteiger partial charge < -0.3 is 14.7 Å². The van der Waals surface area contributed by atoms with Crippen molar-refractivity contribution in [2.75, 3.05) is 38.5 Å². The molecule has 2 heterocycles. The molecular weight excluding hydrogens is 322 g/mol. The third-order valence-corrected chi connectivity index (χ3v) is 6.68. The fourth-order valence-electron chi connectivity index (χ4n) is 3.67. The van der Waals surface area contributed by atoms with Crippen molar-refractivity contribution < 1.29 is 9.59 Å². The van der Waals surface area contributed by atoms with E-state index in [0.717, 1.165) is 57.7 Å². The van der Waals surface area contributed by atoms with Gasteiger partial charge in [-0.25, -0.2) is 0 Å². The lowest BCUT2D eigenvalue weighted by Crippen LogP contribution is -2.56. The third kappa shape index (κ3) is 3.90. The third-order valence-electron chi connectivity index (χ3n) is 5.36. The first-order valence-corrected chi connectivity index (χ1v) is 10.5. The van der Waals surface area contributed by atoms with Crippen LogP contribution in [0.4, 0.5) is 0 Å². The number of carbonyl (C=O) groups excluding carboxylic acids is 2. The minimum absolute atomic E-state index is 0.179. The average Bonchev–Trinajstić information content (AvgIpc) is 3.35. The number of carbonyl (C=O) groups is 2. The van der Waals surface area contributed by atoms with Gasteiger partial charge in [0.15, 0.2) is 0 Å². The van der Waals surface area contributed by atoms with Gasteiger partial charge in [-0.1, -0.05) is 20.8 Å². The zero-order valence-electron chi connectivity index (χ0n) is 15.2. The van der Waals surface area contributed by atoms with E-state index in [2.05, 4.69) is 25.7 Å². The van der Waals surface area contributed by atoms with E-state index in [0.29, 0.717) is 5.92 Å². The van der Waals surface area contributed by atoms with E-state index in [1.165, 1.54) is 0 Å². The highest BCUT2D eigenvalue weighted by molar-refractivity contribution is 8.00. The summed E-state index contributed by atoms with van der Waals surface area (Å²) in [5, 5.41) is 0.184. The van der Waals surface area contributed by atoms with Crippen molar-refractivity contribution in [2.24, 2.45) is 11.8 Å². The van der Waals surface area contributed by atoms with Crippen molar-refractivity contribution in [3.05, 3.63) is 0 Å². The summed E-state index contributed by atoms with van der Waals surface area (Å²) in [7, 11) is 0. The molecule has 2 atom stereocenters. The summed E-state index contributed by atoms with van der Waals surface area (Å²) in [6.07, 6.45) is 2.99. The second kappa shape index (κ2) is 7.65. The van der Waals surface area contributed by atoms with Gasteiger partial charge in [-0.2, -0.15) is 0 Å². The van der Waals surface area contributed by atoms with Crippen molar-refractivity contribution in [1.82, 2.24) is 14.7 Å². The molecule has 0 radical (unpaired) electrons. The Labute approximate surface area is 150 Å². The van der Waals surface area contributed by atoms with Crippen LogP contribution in [0.5, 0.6) is 0 Å². The quantitative estimate of drug-likeness (QED) is 0.757. The van der Waals surface area contributed by atoms with E-state index < -0.39 is 0 Å². The number of thioether (sulfide) groups is 1. The molecule has 0 aromatic carbocycles. The lowest BCUT2D eigenvalue weighted by Gasteiger charge is -2.37. The van der Waals surface area contributed by atoms with Gasteiger partial charge in [0.2, 0.25) is 11.8 Å². The van der Waals surface area contributed by atoms with Crippen molar-refractivity contribution in [3.8, 4) is 0 Å². The normalized spacial score (nSPS) is 28.7. The zero-order valence-corrected chi connectivity index (χ0v) is 16.1. The summed E-state index contributed by atoms with van der Waals surface area (Å²) in [6.45, 7) is 11.1. The summed E-state index contributed by atoms with van der Waals surface area (Å²) >= 11 is 1.80. The molecule has 3 aliphatic rings. The van der Waals surface area contributed by atoms with Gasteiger partial charge in [0.1, 0.15) is 6.04 Å². The molecule has 0 aromatic heterocycles. The average molecular weight is 354 g/mol. The number of rotatable bonds is 5. The standard InChI is InChI=1S/C18H31N3O2S/c1-4-19-7-9-20(10-8-19)18(23)15-12-24-16(11-13(2)3)21(15)17(22)14-5-6-14/h13-16H,4-12H2,1-3H3. The molecular formula is C18H31N3O2S. The Morgan fingerprint density at radius 3 is 2.29 bits per heavy atom. The van der Waals surface area contributed by atoms with Crippen LogP contribution in [0.1, 0.15) is 40.0 Å². The van der Waals surface area contributed by atoms with Crippen LogP contribution in [-0.4, -0.2) is 76.4 Å². The van der Waals surface area contributed by atoms with Crippen LogP contribution in [0.2, 0.25) is 0 Å². The number of amides is 2. The molecule has 2 unspecified atom stereocenters. The Kier molecular flexibility index (Phi) is 5.75. The minimum Gasteiger partial charge on any atom is -0.338 e. The summed E-state index contributed by atoms with van der Waals surface area (Å²) < 4.78 is 0. The van der Waals surface area contributed by atoms with Gasteiger partial charge >= 0.3 is 0 Å². The van der Waals surface area contributed by atoms with Crippen LogP contribution in [-0.2, 0) is 9.59 Å². The Hall–Kier alpha value is -0.750. The highest BCUT2D eigenvalue weighted by Crippen LogP contribution is 2.40. The molecule has 136 valence electrons. The Morgan fingerprint density at radius 2 is 1.75 bits per heavy atom. The maximum Gasteiger partial charge on any atom is 0.246 e. The smallest absolute Gasteiger partial charge is 0.246 e. The molecule has 0 N–H and O–H groups in total. The second-order valence-corrected chi connectivity index (χ2v) is 8.92. The molecule has 0 aromatic rings. The Bertz CT molecular complexity index is 473. The summed E-state index contributed by atoms with van der Waals surface area (Å²) in [5.74, 6) is 1.90. The predicted molar refractivity (Wildman–Crippen MR) is 97.8 cm³/mol. The molecule has 5 nitrogen and oxygen atoms in total. The number of piperazine rings is 1. The molecule has 0 spiro atoms. The first-order chi connectivity index (χ1) is 11.5. The molecule has 3 fully saturated rings. The lowest BCUT2D eigenvalue weighted by atomic mass is 10.1. The van der Waals surface area contributed by atoms with E-state index >= 15 is 0 Å². The zero-order chi connectivity index (χ0) is 17.3. The number of hydrogen-bond acceptors (Lipinski definition) is 4. The topological polar surface area (TPSA) is 43.9 Å². The lowest BCUT2D eigenvalue weighted by molar-refractivity contribution is -0.146. The van der Waals surface area contributed by atoms with Gasteiger partial charge in [0, 0.05) is 37.8 Å². The maximum absolute atomic E-state index is 13.1. The van der Waals surface area contributed by atoms with E-state index in [4.69, 9.17) is 0 Å². The van der Waals surface area contributed by atoms with Crippen LogP contribution in [0.25, 0.3) is 0 Å². The van der Waals surface area contributed by atoms with Crippen LogP contribution in [0, 0.1) is 11.8 Å². The molecule has 6 heteroatoms. The van der Waals surface area contributed by atoms with E-state index in [1.54, 1.807) is 11.8 Å². The van der Waals surface area contributed by atoms with Crippen LogP contribution < -0.4 is 0 Å². The van der Waals surface area contributed by atoms with Crippen LogP contribution in [0.3, 0.4) is 0 Å². The van der Waals surface area contributed by atoms with E-state index in [9.17, 15) is 9.59 Å². The Morgan fingerprint density at radius 1 is 1.08 bits per heavy atom. The van der Waals surface area contributed by atoms with Crippen molar-refractivity contribution >= 4 is 23.6 Å². The fraction of sp³-hybridized carbons (Fsp3) is 0.889. The van der Waals surface area contributed by atoms with Gasteiger partial charge in [-0.3, -0.25) is 9.59 Å². The van der Waals surface area contributed by atoms with Crippen molar-refractivity contribution in [2.45, 2.75) is 51.4 Å².